The van der Waals surface area contributed by atoms with Gasteiger partial charge in [0.2, 0.25) is 0 Å². The third-order valence-electron chi connectivity index (χ3n) is 2.06. The molecular formula is C12H9ClF3N3O2. The van der Waals surface area contributed by atoms with Crippen molar-refractivity contribution in [2.75, 3.05) is 5.73 Å². The van der Waals surface area contributed by atoms with E-state index in [1.165, 1.54) is 0 Å². The summed E-state index contributed by atoms with van der Waals surface area (Å²) in [5.41, 5.74) is 3.70. The topological polar surface area (TPSA) is 89.1 Å². The Morgan fingerprint density at radius 2 is 2.00 bits per heavy atom. The van der Waals surface area contributed by atoms with E-state index in [-0.39, 0.29) is 0 Å². The molecule has 3 N–H and O–H groups in total. The van der Waals surface area contributed by atoms with Gasteiger partial charge in [-0.3, -0.25) is 0 Å². The lowest BCUT2D eigenvalue weighted by Crippen LogP contribution is -2.15. The molecule has 0 spiro atoms. The molecule has 1 heterocycles. The van der Waals surface area contributed by atoms with Gasteiger partial charge >= 0.3 is 12.1 Å². The molecule has 1 aromatic carbocycles. The summed E-state index contributed by atoms with van der Waals surface area (Å²) in [4.78, 5) is 16.3. The fourth-order valence-corrected chi connectivity index (χ4v) is 1.42. The van der Waals surface area contributed by atoms with E-state index in [9.17, 15) is 18.0 Å². The third-order valence-corrected chi connectivity index (χ3v) is 2.29. The molecule has 9 heteroatoms. The number of carboxylic acid groups (broad SMARTS) is 1. The van der Waals surface area contributed by atoms with Crippen LogP contribution in [-0.2, 0) is 6.18 Å². The van der Waals surface area contributed by atoms with E-state index in [0.29, 0.717) is 23.2 Å². The molecule has 0 unspecified atom stereocenters. The first kappa shape index (κ1) is 16.7. The number of hydrogen-bond acceptors (Lipinski definition) is 4. The van der Waals surface area contributed by atoms with E-state index >= 15 is 0 Å². The van der Waals surface area contributed by atoms with Crippen LogP contribution < -0.4 is 5.73 Å². The monoisotopic (exact) mass is 319 g/mol. The maximum Gasteiger partial charge on any atom is 0.434 e. The van der Waals surface area contributed by atoms with Gasteiger partial charge in [0.15, 0.2) is 5.69 Å². The largest absolute Gasteiger partial charge is 0.478 e. The van der Waals surface area contributed by atoms with Crippen molar-refractivity contribution >= 4 is 23.3 Å². The first-order chi connectivity index (χ1) is 9.71. The van der Waals surface area contributed by atoms with Crippen LogP contribution in [0.4, 0.5) is 18.9 Å². The second kappa shape index (κ2) is 6.89. The highest BCUT2D eigenvalue weighted by Crippen LogP contribution is 2.29. The molecule has 1 aromatic heterocycles. The van der Waals surface area contributed by atoms with E-state index < -0.39 is 23.4 Å². The molecule has 0 bridgehead atoms. The smallest absolute Gasteiger partial charge is 0.434 e. The second-order valence-electron chi connectivity index (χ2n) is 3.64. The molecule has 2 rings (SSSR count). The normalized spacial score (nSPS) is 10.5. The van der Waals surface area contributed by atoms with Gasteiger partial charge in [0.05, 0.1) is 0 Å². The van der Waals surface area contributed by atoms with Gasteiger partial charge < -0.3 is 10.8 Å². The Labute approximate surface area is 122 Å². The zero-order valence-electron chi connectivity index (χ0n) is 10.3. The molecule has 0 aliphatic heterocycles. The van der Waals surface area contributed by atoms with Crippen molar-refractivity contribution in [3.05, 3.63) is 53.1 Å². The third kappa shape index (κ3) is 5.27. The Morgan fingerprint density at radius 1 is 1.33 bits per heavy atom. The van der Waals surface area contributed by atoms with E-state index in [2.05, 4.69) is 9.97 Å². The number of halogens is 4. The molecule has 2 aromatic rings. The number of alkyl halides is 3. The molecule has 0 saturated carbocycles. The molecule has 0 radical (unpaired) electrons. The average molecular weight is 320 g/mol. The SMILES string of the molecule is Nc1cccc(Cl)c1.O=C(O)c1cncnc1C(F)(F)F. The predicted molar refractivity (Wildman–Crippen MR) is 69.9 cm³/mol. The summed E-state index contributed by atoms with van der Waals surface area (Å²) in [6.07, 6.45) is -3.51. The lowest BCUT2D eigenvalue weighted by molar-refractivity contribution is -0.141. The number of aromatic nitrogens is 2. The van der Waals surface area contributed by atoms with Crippen molar-refractivity contribution in [1.82, 2.24) is 9.97 Å². The Kier molecular flexibility index (Phi) is 5.48. The van der Waals surface area contributed by atoms with Crippen molar-refractivity contribution in [2.45, 2.75) is 6.18 Å². The van der Waals surface area contributed by atoms with Crippen molar-refractivity contribution < 1.29 is 23.1 Å². The summed E-state index contributed by atoms with van der Waals surface area (Å²) in [6.45, 7) is 0. The predicted octanol–water partition coefficient (Wildman–Crippen LogP) is 3.12. The zero-order valence-corrected chi connectivity index (χ0v) is 11.1. The first-order valence-electron chi connectivity index (χ1n) is 5.33. The molecule has 0 atom stereocenters. The second-order valence-corrected chi connectivity index (χ2v) is 4.08. The van der Waals surface area contributed by atoms with Crippen LogP contribution in [0.5, 0.6) is 0 Å². The number of rotatable bonds is 1. The van der Waals surface area contributed by atoms with Gasteiger partial charge in [-0.1, -0.05) is 17.7 Å². The van der Waals surface area contributed by atoms with Gasteiger partial charge in [0, 0.05) is 16.9 Å². The van der Waals surface area contributed by atoms with Crippen LogP contribution in [0.3, 0.4) is 0 Å². The summed E-state index contributed by atoms with van der Waals surface area (Å²) < 4.78 is 36.2. The number of carboxylic acids is 1. The summed E-state index contributed by atoms with van der Waals surface area (Å²) in [7, 11) is 0. The highest BCUT2D eigenvalue weighted by atomic mass is 35.5. The van der Waals surface area contributed by atoms with Gasteiger partial charge in [-0.05, 0) is 18.2 Å². The summed E-state index contributed by atoms with van der Waals surface area (Å²) in [6, 6.07) is 7.11. The number of carbonyl (C=O) groups is 1. The lowest BCUT2D eigenvalue weighted by Gasteiger charge is -2.06. The zero-order chi connectivity index (χ0) is 16.0. The van der Waals surface area contributed by atoms with Gasteiger partial charge in [0.1, 0.15) is 11.9 Å². The molecule has 0 aliphatic carbocycles. The average Bonchev–Trinajstić information content (AvgIpc) is 2.38. The van der Waals surface area contributed by atoms with Crippen LogP contribution in [0.2, 0.25) is 5.02 Å². The Balaban J connectivity index is 0.000000235. The molecule has 0 amide bonds. The number of anilines is 1. The minimum Gasteiger partial charge on any atom is -0.478 e. The van der Waals surface area contributed by atoms with Crippen molar-refractivity contribution in [3.63, 3.8) is 0 Å². The minimum atomic E-state index is -4.77. The molecule has 112 valence electrons. The molecule has 21 heavy (non-hydrogen) atoms. The number of nitrogens with zero attached hydrogens (tertiary/aromatic N) is 2. The maximum absolute atomic E-state index is 12.1. The van der Waals surface area contributed by atoms with E-state index in [0.717, 1.165) is 0 Å². The molecule has 0 saturated heterocycles. The standard InChI is InChI=1S/C6H6ClN.C6H3F3N2O2/c7-5-2-1-3-6(8)4-5;7-6(8,9)4-3(5(12)13)1-10-2-11-4/h1-4H,8H2;1-2H,(H,12,13). The van der Waals surface area contributed by atoms with E-state index in [4.69, 9.17) is 22.4 Å². The van der Waals surface area contributed by atoms with E-state index in [1.807, 2.05) is 6.07 Å². The summed E-state index contributed by atoms with van der Waals surface area (Å²) in [5.74, 6) is -1.70. The number of aromatic carboxylic acids is 1. The molecule has 0 aliphatic rings. The lowest BCUT2D eigenvalue weighted by atomic mass is 10.2. The highest BCUT2D eigenvalue weighted by Gasteiger charge is 2.37. The number of benzene rings is 1. The van der Waals surface area contributed by atoms with Crippen LogP contribution in [0, 0.1) is 0 Å². The first-order valence-corrected chi connectivity index (χ1v) is 5.71. The van der Waals surface area contributed by atoms with Crippen LogP contribution in [0.25, 0.3) is 0 Å². The Bertz CT molecular complexity index is 618. The van der Waals surface area contributed by atoms with Crippen molar-refractivity contribution in [1.29, 1.82) is 0 Å². The van der Waals surface area contributed by atoms with Crippen molar-refractivity contribution in [3.8, 4) is 0 Å². The van der Waals surface area contributed by atoms with Crippen LogP contribution in [-0.4, -0.2) is 21.0 Å². The maximum atomic E-state index is 12.1. The minimum absolute atomic E-state index is 0.609. The highest BCUT2D eigenvalue weighted by molar-refractivity contribution is 6.30. The van der Waals surface area contributed by atoms with Gasteiger partial charge in [0.25, 0.3) is 0 Å². The number of nitrogens with two attached hydrogens (primary N) is 1. The van der Waals surface area contributed by atoms with Crippen molar-refractivity contribution in [2.24, 2.45) is 0 Å². The Hall–Kier alpha value is -2.35. The molecule has 0 fully saturated rings. The van der Waals surface area contributed by atoms with Gasteiger partial charge in [-0.15, -0.1) is 0 Å². The van der Waals surface area contributed by atoms with E-state index in [1.54, 1.807) is 18.2 Å². The quantitative estimate of drug-likeness (QED) is 0.788. The van der Waals surface area contributed by atoms with Crippen LogP contribution in [0.1, 0.15) is 16.1 Å². The summed E-state index contributed by atoms with van der Waals surface area (Å²) >= 11 is 5.56. The number of nitrogen functional groups attached to an aromatic ring is 1. The fraction of sp³-hybridized carbons (Fsp3) is 0.0833. The summed E-state index contributed by atoms with van der Waals surface area (Å²) in [5, 5.41) is 9.03. The van der Waals surface area contributed by atoms with Gasteiger partial charge in [-0.2, -0.15) is 13.2 Å². The van der Waals surface area contributed by atoms with Gasteiger partial charge in [-0.25, -0.2) is 14.8 Å². The van der Waals surface area contributed by atoms with Crippen LogP contribution in [0.15, 0.2) is 36.8 Å². The molecular weight excluding hydrogens is 311 g/mol. The molecule has 5 nitrogen and oxygen atoms in total. The number of hydrogen-bond donors (Lipinski definition) is 2. The Morgan fingerprint density at radius 3 is 2.38 bits per heavy atom. The van der Waals surface area contributed by atoms with Crippen LogP contribution >= 0.6 is 11.6 Å². The fourth-order valence-electron chi connectivity index (χ4n) is 1.22.